The SMILES string of the molecule is CCN(c1ccccc1F)c1ncc(N)cc1C(N)=O. The maximum atomic E-state index is 13.9. The maximum Gasteiger partial charge on any atom is 0.252 e. The fraction of sp³-hybridized carbons (Fsp3) is 0.143. The van der Waals surface area contributed by atoms with Gasteiger partial charge in [-0.05, 0) is 25.1 Å². The Morgan fingerprint density at radius 3 is 2.70 bits per heavy atom. The van der Waals surface area contributed by atoms with Crippen molar-refractivity contribution in [1.82, 2.24) is 4.98 Å². The molecule has 2 rings (SSSR count). The van der Waals surface area contributed by atoms with Crippen LogP contribution in [-0.4, -0.2) is 17.4 Å². The number of nitrogens with two attached hydrogens (primary N) is 2. The summed E-state index contributed by atoms with van der Waals surface area (Å²) in [5.74, 6) is -0.766. The van der Waals surface area contributed by atoms with E-state index in [2.05, 4.69) is 4.98 Å². The largest absolute Gasteiger partial charge is 0.397 e. The van der Waals surface area contributed by atoms with Crippen LogP contribution in [0.5, 0.6) is 0 Å². The number of aromatic nitrogens is 1. The molecule has 4 N–H and O–H groups in total. The monoisotopic (exact) mass is 274 g/mol. The number of carbonyl (C=O) groups is 1. The summed E-state index contributed by atoms with van der Waals surface area (Å²) in [5.41, 5.74) is 11.8. The zero-order chi connectivity index (χ0) is 14.7. The predicted octanol–water partition coefficient (Wildman–Crippen LogP) is 2.06. The lowest BCUT2D eigenvalue weighted by molar-refractivity contribution is 0.100. The van der Waals surface area contributed by atoms with Crippen molar-refractivity contribution in [3.63, 3.8) is 0 Å². The molecule has 5 nitrogen and oxygen atoms in total. The van der Waals surface area contributed by atoms with Crippen LogP contribution in [0, 0.1) is 5.82 Å². The molecule has 104 valence electrons. The quantitative estimate of drug-likeness (QED) is 0.893. The molecule has 0 radical (unpaired) electrons. The first-order valence-corrected chi connectivity index (χ1v) is 6.12. The maximum absolute atomic E-state index is 13.9. The molecule has 0 fully saturated rings. The van der Waals surface area contributed by atoms with Gasteiger partial charge >= 0.3 is 0 Å². The van der Waals surface area contributed by atoms with Crippen molar-refractivity contribution < 1.29 is 9.18 Å². The molecule has 0 bridgehead atoms. The molecular weight excluding hydrogens is 259 g/mol. The minimum Gasteiger partial charge on any atom is -0.397 e. The van der Waals surface area contributed by atoms with Crippen LogP contribution in [0.25, 0.3) is 0 Å². The number of para-hydroxylation sites is 1. The summed E-state index contributed by atoms with van der Waals surface area (Å²) in [5, 5.41) is 0. The van der Waals surface area contributed by atoms with Gasteiger partial charge in [0.05, 0.1) is 23.1 Å². The summed E-state index contributed by atoms with van der Waals surface area (Å²) >= 11 is 0. The number of halogens is 1. The third kappa shape index (κ3) is 2.54. The Kier molecular flexibility index (Phi) is 3.84. The zero-order valence-corrected chi connectivity index (χ0v) is 11.0. The lowest BCUT2D eigenvalue weighted by atomic mass is 10.2. The van der Waals surface area contributed by atoms with Gasteiger partial charge in [-0.1, -0.05) is 12.1 Å². The van der Waals surface area contributed by atoms with Crippen molar-refractivity contribution in [3.8, 4) is 0 Å². The van der Waals surface area contributed by atoms with Crippen molar-refractivity contribution in [2.24, 2.45) is 5.73 Å². The van der Waals surface area contributed by atoms with Crippen molar-refractivity contribution in [2.45, 2.75) is 6.92 Å². The normalized spacial score (nSPS) is 10.3. The third-order valence-electron chi connectivity index (χ3n) is 2.87. The number of anilines is 3. The summed E-state index contributed by atoms with van der Waals surface area (Å²) in [6.07, 6.45) is 1.41. The zero-order valence-electron chi connectivity index (χ0n) is 11.0. The van der Waals surface area contributed by atoms with Gasteiger partial charge < -0.3 is 16.4 Å². The lowest BCUT2D eigenvalue weighted by Gasteiger charge is -2.24. The van der Waals surface area contributed by atoms with Crippen LogP contribution < -0.4 is 16.4 Å². The Morgan fingerprint density at radius 1 is 1.40 bits per heavy atom. The van der Waals surface area contributed by atoms with Crippen molar-refractivity contribution in [2.75, 3.05) is 17.2 Å². The molecule has 0 aliphatic carbocycles. The summed E-state index contributed by atoms with van der Waals surface area (Å²) in [4.78, 5) is 17.2. The Morgan fingerprint density at radius 2 is 2.10 bits per heavy atom. The molecule has 1 aromatic heterocycles. The fourth-order valence-corrected chi connectivity index (χ4v) is 1.97. The number of pyridine rings is 1. The Bertz CT molecular complexity index is 645. The van der Waals surface area contributed by atoms with E-state index < -0.39 is 11.7 Å². The van der Waals surface area contributed by atoms with Crippen LogP contribution >= 0.6 is 0 Å². The van der Waals surface area contributed by atoms with Crippen molar-refractivity contribution >= 4 is 23.1 Å². The average molecular weight is 274 g/mol. The van der Waals surface area contributed by atoms with Crippen LogP contribution in [0.1, 0.15) is 17.3 Å². The summed E-state index contributed by atoms with van der Waals surface area (Å²) in [6.45, 7) is 2.26. The van der Waals surface area contributed by atoms with Crippen LogP contribution in [0.3, 0.4) is 0 Å². The van der Waals surface area contributed by atoms with Gasteiger partial charge in [0, 0.05) is 6.54 Å². The number of carbonyl (C=O) groups excluding carboxylic acids is 1. The van der Waals surface area contributed by atoms with E-state index in [-0.39, 0.29) is 5.56 Å². The lowest BCUT2D eigenvalue weighted by Crippen LogP contribution is -2.24. The van der Waals surface area contributed by atoms with Crippen molar-refractivity contribution in [1.29, 1.82) is 0 Å². The van der Waals surface area contributed by atoms with Gasteiger partial charge in [-0.2, -0.15) is 0 Å². The van der Waals surface area contributed by atoms with Gasteiger partial charge in [0.15, 0.2) is 0 Å². The van der Waals surface area contributed by atoms with E-state index in [4.69, 9.17) is 11.5 Å². The van der Waals surface area contributed by atoms with Gasteiger partial charge in [0.1, 0.15) is 11.6 Å². The number of rotatable bonds is 4. The molecule has 0 spiro atoms. The van der Waals surface area contributed by atoms with Crippen molar-refractivity contribution in [3.05, 3.63) is 47.9 Å². The second-order valence-corrected chi connectivity index (χ2v) is 4.20. The highest BCUT2D eigenvalue weighted by Gasteiger charge is 2.19. The van der Waals surface area contributed by atoms with Crippen LogP contribution in [0.4, 0.5) is 21.6 Å². The van der Waals surface area contributed by atoms with E-state index in [0.29, 0.717) is 23.7 Å². The molecule has 0 atom stereocenters. The Hall–Kier alpha value is -2.63. The Labute approximate surface area is 116 Å². The number of hydrogen-bond acceptors (Lipinski definition) is 4. The molecule has 0 saturated heterocycles. The minimum atomic E-state index is -0.658. The number of amides is 1. The van der Waals surface area contributed by atoms with Gasteiger partial charge in [-0.25, -0.2) is 9.37 Å². The fourth-order valence-electron chi connectivity index (χ4n) is 1.97. The van der Waals surface area contributed by atoms with E-state index in [1.165, 1.54) is 18.3 Å². The van der Waals surface area contributed by atoms with Gasteiger partial charge in [-0.3, -0.25) is 4.79 Å². The number of hydrogen-bond donors (Lipinski definition) is 2. The molecule has 0 aliphatic rings. The molecule has 20 heavy (non-hydrogen) atoms. The molecule has 1 amide bonds. The first-order valence-electron chi connectivity index (χ1n) is 6.12. The average Bonchev–Trinajstić information content (AvgIpc) is 2.42. The molecule has 1 aromatic carbocycles. The molecule has 0 saturated carbocycles. The van der Waals surface area contributed by atoms with Crippen LogP contribution in [-0.2, 0) is 0 Å². The second kappa shape index (κ2) is 5.56. The molecular formula is C14H15FN4O. The highest BCUT2D eigenvalue weighted by Crippen LogP contribution is 2.29. The predicted molar refractivity (Wildman–Crippen MR) is 76.2 cm³/mol. The molecule has 2 aromatic rings. The van der Waals surface area contributed by atoms with E-state index in [1.54, 1.807) is 23.1 Å². The number of benzene rings is 1. The van der Waals surface area contributed by atoms with Gasteiger partial charge in [-0.15, -0.1) is 0 Å². The second-order valence-electron chi connectivity index (χ2n) is 4.20. The van der Waals surface area contributed by atoms with E-state index in [1.807, 2.05) is 6.92 Å². The number of nitrogen functional groups attached to an aromatic ring is 1. The highest BCUT2D eigenvalue weighted by atomic mass is 19.1. The summed E-state index contributed by atoms with van der Waals surface area (Å²) in [7, 11) is 0. The topological polar surface area (TPSA) is 85.2 Å². The number of primary amides is 1. The third-order valence-corrected chi connectivity index (χ3v) is 2.87. The molecule has 0 aliphatic heterocycles. The summed E-state index contributed by atoms with van der Waals surface area (Å²) < 4.78 is 13.9. The molecule has 0 unspecified atom stereocenters. The Balaban J connectivity index is 2.58. The molecule has 6 heteroatoms. The van der Waals surface area contributed by atoms with Crippen LogP contribution in [0.2, 0.25) is 0 Å². The first-order chi connectivity index (χ1) is 9.54. The first kappa shape index (κ1) is 13.8. The minimum absolute atomic E-state index is 0.162. The summed E-state index contributed by atoms with van der Waals surface area (Å²) in [6, 6.07) is 7.70. The van der Waals surface area contributed by atoms with E-state index in [0.717, 1.165) is 0 Å². The highest BCUT2D eigenvalue weighted by molar-refractivity contribution is 5.99. The standard InChI is InChI=1S/C14H15FN4O/c1-2-19(12-6-4-3-5-11(12)15)14-10(13(17)20)7-9(16)8-18-14/h3-8H,2,16H2,1H3,(H2,17,20). The van der Waals surface area contributed by atoms with Gasteiger partial charge in [0.2, 0.25) is 0 Å². The number of nitrogens with zero attached hydrogens (tertiary/aromatic N) is 2. The van der Waals surface area contributed by atoms with Crippen LogP contribution in [0.15, 0.2) is 36.5 Å². The van der Waals surface area contributed by atoms with E-state index in [9.17, 15) is 9.18 Å². The van der Waals surface area contributed by atoms with Gasteiger partial charge in [0.25, 0.3) is 5.91 Å². The van der Waals surface area contributed by atoms with E-state index >= 15 is 0 Å². The smallest absolute Gasteiger partial charge is 0.252 e. The molecule has 1 heterocycles.